The maximum atomic E-state index is 12.1. The van der Waals surface area contributed by atoms with Crippen LogP contribution in [0.2, 0.25) is 0 Å². The van der Waals surface area contributed by atoms with Crippen LogP contribution in [0.1, 0.15) is 22.9 Å². The van der Waals surface area contributed by atoms with E-state index in [4.69, 9.17) is 12.3 Å². The van der Waals surface area contributed by atoms with Crippen molar-refractivity contribution in [1.29, 1.82) is 0 Å². The third kappa shape index (κ3) is 6.39. The van der Waals surface area contributed by atoms with Gasteiger partial charge in [-0.2, -0.15) is 0 Å². The normalized spacial score (nSPS) is 11.6. The second-order valence-electron chi connectivity index (χ2n) is 6.78. The molecule has 0 saturated carbocycles. The summed E-state index contributed by atoms with van der Waals surface area (Å²) in [4.78, 5) is 19.5. The van der Waals surface area contributed by atoms with Gasteiger partial charge in [0.05, 0.1) is 24.8 Å². The zero-order valence-electron chi connectivity index (χ0n) is 16.3. The Balaban J connectivity index is 1.40. The highest BCUT2D eigenvalue weighted by molar-refractivity contribution is 7.13. The van der Waals surface area contributed by atoms with Crippen molar-refractivity contribution >= 4 is 33.8 Å². The fourth-order valence-electron chi connectivity index (χ4n) is 2.92. The number of carbonyl (C=O) groups is 1. The van der Waals surface area contributed by atoms with Crippen LogP contribution in [-0.2, 0) is 17.6 Å². The lowest BCUT2D eigenvalue weighted by molar-refractivity contribution is -0.115. The molecule has 8 heteroatoms. The van der Waals surface area contributed by atoms with E-state index in [1.165, 1.54) is 11.3 Å². The summed E-state index contributed by atoms with van der Waals surface area (Å²) in [5.74, 6) is -0.133. The van der Waals surface area contributed by atoms with Crippen LogP contribution in [0.15, 0.2) is 53.9 Å². The molecule has 0 saturated heterocycles. The number of amides is 1. The van der Waals surface area contributed by atoms with Crippen LogP contribution in [0.25, 0.3) is 4.85 Å². The minimum absolute atomic E-state index is 0.133. The second kappa shape index (κ2) is 10.5. The van der Waals surface area contributed by atoms with Crippen LogP contribution >= 0.6 is 11.3 Å². The number of nitrogen functional groups attached to an aromatic ring is 1. The summed E-state index contributed by atoms with van der Waals surface area (Å²) in [6, 6.07) is 14.7. The van der Waals surface area contributed by atoms with Crippen molar-refractivity contribution in [1.82, 2.24) is 10.3 Å². The van der Waals surface area contributed by atoms with Gasteiger partial charge in [0.2, 0.25) is 5.91 Å². The number of aliphatic hydroxyl groups is 1. The molecule has 1 heterocycles. The summed E-state index contributed by atoms with van der Waals surface area (Å²) in [7, 11) is 0. The minimum Gasteiger partial charge on any atom is -0.387 e. The van der Waals surface area contributed by atoms with Gasteiger partial charge < -0.3 is 21.5 Å². The third-order valence-corrected chi connectivity index (χ3v) is 5.18. The molecule has 3 aromatic rings. The second-order valence-corrected chi connectivity index (χ2v) is 7.67. The zero-order chi connectivity index (χ0) is 21.3. The number of aliphatic hydroxyl groups excluding tert-OH is 1. The summed E-state index contributed by atoms with van der Waals surface area (Å²) in [5.41, 5.74) is 9.35. The van der Waals surface area contributed by atoms with Gasteiger partial charge in [0, 0.05) is 17.6 Å². The van der Waals surface area contributed by atoms with Crippen molar-refractivity contribution in [2.75, 3.05) is 24.1 Å². The first-order valence-electron chi connectivity index (χ1n) is 9.48. The highest BCUT2D eigenvalue weighted by Crippen LogP contribution is 2.19. The molecule has 2 aromatic carbocycles. The number of benzene rings is 2. The first-order chi connectivity index (χ1) is 14.5. The maximum Gasteiger partial charge on any atom is 0.230 e. The fourth-order valence-corrected chi connectivity index (χ4v) is 3.48. The molecule has 0 radical (unpaired) electrons. The van der Waals surface area contributed by atoms with Crippen molar-refractivity contribution in [3.63, 3.8) is 0 Å². The molecule has 0 bridgehead atoms. The topological polar surface area (TPSA) is 105 Å². The fraction of sp³-hybridized carbons (Fsp3) is 0.227. The lowest BCUT2D eigenvalue weighted by Crippen LogP contribution is -2.23. The predicted octanol–water partition coefficient (Wildman–Crippen LogP) is 3.32. The third-order valence-electron chi connectivity index (χ3n) is 4.46. The number of thiazole rings is 1. The van der Waals surface area contributed by atoms with Crippen molar-refractivity contribution in [3.8, 4) is 0 Å². The molecule has 0 aliphatic heterocycles. The summed E-state index contributed by atoms with van der Waals surface area (Å²) in [6.45, 7) is 8.16. The molecule has 0 aliphatic rings. The van der Waals surface area contributed by atoms with Crippen LogP contribution in [0.4, 0.5) is 16.5 Å². The minimum atomic E-state index is -0.655. The van der Waals surface area contributed by atoms with Crippen molar-refractivity contribution in [3.05, 3.63) is 82.1 Å². The monoisotopic (exact) mass is 421 g/mol. The number of hydrogen-bond donors (Lipinski definition) is 4. The van der Waals surface area contributed by atoms with E-state index in [2.05, 4.69) is 20.5 Å². The number of nitrogens with two attached hydrogens (primary N) is 1. The standard InChI is InChI=1S/C22H23N5O2S/c1-24-18-4-2-3-16(11-18)20(28)13-25-10-9-15-5-7-17(8-6-15)26-21(29)12-19-14-30-22(23)27-19/h2-8,11,14,20,25,28H,9-10,12-13H2,(H2,23,27)(H,26,29). The van der Waals surface area contributed by atoms with Gasteiger partial charge in [0.1, 0.15) is 0 Å². The number of nitrogens with zero attached hydrogens (tertiary/aromatic N) is 2. The smallest absolute Gasteiger partial charge is 0.230 e. The molecule has 1 amide bonds. The number of aromatic nitrogens is 1. The van der Waals surface area contributed by atoms with Gasteiger partial charge >= 0.3 is 0 Å². The van der Waals surface area contributed by atoms with Crippen LogP contribution < -0.4 is 16.4 Å². The summed E-state index contributed by atoms with van der Waals surface area (Å²) >= 11 is 1.32. The number of hydrogen-bond acceptors (Lipinski definition) is 6. The van der Waals surface area contributed by atoms with E-state index in [9.17, 15) is 9.90 Å². The van der Waals surface area contributed by atoms with Gasteiger partial charge in [-0.25, -0.2) is 9.83 Å². The number of anilines is 2. The molecule has 154 valence electrons. The number of carbonyl (C=O) groups excluding carboxylic acids is 1. The predicted molar refractivity (Wildman–Crippen MR) is 120 cm³/mol. The highest BCUT2D eigenvalue weighted by Gasteiger charge is 2.09. The molecule has 0 fully saturated rings. The Bertz CT molecular complexity index is 1030. The summed E-state index contributed by atoms with van der Waals surface area (Å²) in [6.07, 6.45) is 0.333. The molecule has 5 N–H and O–H groups in total. The SMILES string of the molecule is [C-]#[N+]c1cccc(C(O)CNCCc2ccc(NC(=O)Cc3csc(N)n3)cc2)c1. The first-order valence-corrected chi connectivity index (χ1v) is 10.4. The molecular weight excluding hydrogens is 398 g/mol. The number of rotatable bonds is 9. The summed E-state index contributed by atoms with van der Waals surface area (Å²) < 4.78 is 0. The Labute approximate surface area is 179 Å². The Kier molecular flexibility index (Phi) is 7.51. The first kappa shape index (κ1) is 21.5. The molecule has 0 aliphatic carbocycles. The van der Waals surface area contributed by atoms with Gasteiger partial charge in [-0.05, 0) is 36.2 Å². The Morgan fingerprint density at radius 3 is 2.77 bits per heavy atom. The molecule has 1 unspecified atom stereocenters. The number of nitrogens with one attached hydrogen (secondary N) is 2. The van der Waals surface area contributed by atoms with E-state index >= 15 is 0 Å². The van der Waals surface area contributed by atoms with Gasteiger partial charge in [0.15, 0.2) is 10.8 Å². The zero-order valence-corrected chi connectivity index (χ0v) is 17.2. The molecule has 30 heavy (non-hydrogen) atoms. The van der Waals surface area contributed by atoms with Gasteiger partial charge in [-0.15, -0.1) is 11.3 Å². The lowest BCUT2D eigenvalue weighted by Gasteiger charge is -2.13. The van der Waals surface area contributed by atoms with E-state index in [1.54, 1.807) is 23.6 Å². The Morgan fingerprint density at radius 1 is 1.27 bits per heavy atom. The van der Waals surface area contributed by atoms with E-state index < -0.39 is 6.10 Å². The van der Waals surface area contributed by atoms with Crippen LogP contribution in [0.5, 0.6) is 0 Å². The van der Waals surface area contributed by atoms with Crippen LogP contribution in [0, 0.1) is 6.57 Å². The van der Waals surface area contributed by atoms with E-state index in [1.807, 2.05) is 30.3 Å². The van der Waals surface area contributed by atoms with Crippen molar-refractivity contribution in [2.24, 2.45) is 0 Å². The van der Waals surface area contributed by atoms with Crippen molar-refractivity contribution < 1.29 is 9.90 Å². The highest BCUT2D eigenvalue weighted by atomic mass is 32.1. The molecule has 1 aromatic heterocycles. The molecule has 1 atom stereocenters. The van der Waals surface area contributed by atoms with Crippen LogP contribution in [-0.4, -0.2) is 29.1 Å². The van der Waals surface area contributed by atoms with E-state index in [0.717, 1.165) is 23.2 Å². The molecule has 0 spiro atoms. The summed E-state index contributed by atoms with van der Waals surface area (Å²) in [5, 5.41) is 18.6. The van der Waals surface area contributed by atoms with E-state index in [0.29, 0.717) is 29.6 Å². The molecular formula is C22H23N5O2S. The average molecular weight is 422 g/mol. The van der Waals surface area contributed by atoms with Gasteiger partial charge in [-0.1, -0.05) is 36.4 Å². The largest absolute Gasteiger partial charge is 0.387 e. The molecule has 3 rings (SSSR count). The molecule has 7 nitrogen and oxygen atoms in total. The van der Waals surface area contributed by atoms with Crippen LogP contribution in [0.3, 0.4) is 0 Å². The van der Waals surface area contributed by atoms with Gasteiger partial charge in [0.25, 0.3) is 0 Å². The Hall–Kier alpha value is -3.25. The lowest BCUT2D eigenvalue weighted by atomic mass is 10.1. The van der Waals surface area contributed by atoms with E-state index in [-0.39, 0.29) is 12.3 Å². The quantitative estimate of drug-likeness (QED) is 0.313. The Morgan fingerprint density at radius 2 is 2.07 bits per heavy atom. The maximum absolute atomic E-state index is 12.1. The van der Waals surface area contributed by atoms with Gasteiger partial charge in [-0.3, -0.25) is 4.79 Å². The average Bonchev–Trinajstić information content (AvgIpc) is 3.16. The van der Waals surface area contributed by atoms with Crippen molar-refractivity contribution in [2.45, 2.75) is 18.9 Å².